The van der Waals surface area contributed by atoms with Gasteiger partial charge in [-0.3, -0.25) is 0 Å². The summed E-state index contributed by atoms with van der Waals surface area (Å²) in [7, 11) is 0. The number of nitrogens with one attached hydrogen (secondary N) is 1. The van der Waals surface area contributed by atoms with Crippen LogP contribution < -0.4 is 5.32 Å². The van der Waals surface area contributed by atoms with Gasteiger partial charge in [-0.05, 0) is 94.0 Å². The minimum atomic E-state index is 0.774. The van der Waals surface area contributed by atoms with Crippen LogP contribution in [0.4, 0.5) is 0 Å². The fourth-order valence-corrected chi connectivity index (χ4v) is 4.04. The first kappa shape index (κ1) is 22.0. The number of aryl methyl sites for hydroxylation is 1. The van der Waals surface area contributed by atoms with Gasteiger partial charge >= 0.3 is 0 Å². The largest absolute Gasteiger partial charge is 0.317 e. The molecule has 1 aliphatic rings. The molecule has 0 aromatic heterocycles. The molecule has 1 aromatic rings. The molecule has 150 valence electrons. The van der Waals surface area contributed by atoms with Crippen molar-refractivity contribution in [1.82, 2.24) is 5.32 Å². The van der Waals surface area contributed by atoms with Crippen LogP contribution in [0.15, 0.2) is 47.6 Å². The topological polar surface area (TPSA) is 12.0 Å². The summed E-state index contributed by atoms with van der Waals surface area (Å²) in [6, 6.07) is 9.52. The second kappa shape index (κ2) is 12.9. The molecule has 27 heavy (non-hydrogen) atoms. The number of allylic oxidation sites excluding steroid dienone is 4. The zero-order valence-electron chi connectivity index (χ0n) is 18.0. The van der Waals surface area contributed by atoms with Crippen LogP contribution in [-0.4, -0.2) is 13.1 Å². The van der Waals surface area contributed by atoms with Crippen molar-refractivity contribution < 1.29 is 0 Å². The lowest BCUT2D eigenvalue weighted by atomic mass is 9.89. The molecule has 1 heterocycles. The van der Waals surface area contributed by atoms with Crippen LogP contribution in [0.2, 0.25) is 0 Å². The molecule has 0 amide bonds. The Morgan fingerprint density at radius 1 is 1.00 bits per heavy atom. The SMILES string of the molecule is CC/C=C\C(CCCCCCc1ccc(C2CCNCC2)cc1)=C(/C)CC. The Labute approximate surface area is 168 Å². The molecule has 0 unspecified atom stereocenters. The van der Waals surface area contributed by atoms with Crippen LogP contribution in [-0.2, 0) is 6.42 Å². The highest BCUT2D eigenvalue weighted by molar-refractivity contribution is 5.26. The van der Waals surface area contributed by atoms with E-state index in [0.29, 0.717) is 0 Å². The summed E-state index contributed by atoms with van der Waals surface area (Å²) < 4.78 is 0. The predicted molar refractivity (Wildman–Crippen MR) is 120 cm³/mol. The van der Waals surface area contributed by atoms with Gasteiger partial charge in [0.1, 0.15) is 0 Å². The fourth-order valence-electron chi connectivity index (χ4n) is 4.04. The first-order valence-electron chi connectivity index (χ1n) is 11.4. The van der Waals surface area contributed by atoms with E-state index in [1.165, 1.54) is 76.4 Å². The van der Waals surface area contributed by atoms with E-state index in [-0.39, 0.29) is 0 Å². The molecule has 0 bridgehead atoms. The highest BCUT2D eigenvalue weighted by atomic mass is 14.9. The van der Waals surface area contributed by atoms with Gasteiger partial charge in [-0.1, -0.05) is 68.7 Å². The molecular weight excluding hydrogens is 326 g/mol. The minimum absolute atomic E-state index is 0.774. The summed E-state index contributed by atoms with van der Waals surface area (Å²) in [6.07, 6.45) is 17.4. The van der Waals surface area contributed by atoms with Crippen molar-refractivity contribution in [1.29, 1.82) is 0 Å². The molecule has 2 rings (SSSR count). The van der Waals surface area contributed by atoms with Crippen molar-refractivity contribution in [3.8, 4) is 0 Å². The Balaban J connectivity index is 1.65. The molecule has 1 fully saturated rings. The van der Waals surface area contributed by atoms with E-state index in [1.54, 1.807) is 16.7 Å². The zero-order chi connectivity index (χ0) is 19.3. The number of rotatable bonds is 11. The molecule has 1 heteroatoms. The summed E-state index contributed by atoms with van der Waals surface area (Å²) in [4.78, 5) is 0. The Morgan fingerprint density at radius 3 is 2.37 bits per heavy atom. The smallest absolute Gasteiger partial charge is 0.00431 e. The third-order valence-corrected chi connectivity index (χ3v) is 6.09. The van der Waals surface area contributed by atoms with Crippen LogP contribution >= 0.6 is 0 Å². The highest BCUT2D eigenvalue weighted by Crippen LogP contribution is 2.25. The molecule has 0 radical (unpaired) electrons. The molecule has 0 spiro atoms. The Kier molecular flexibility index (Phi) is 10.5. The zero-order valence-corrected chi connectivity index (χ0v) is 18.0. The van der Waals surface area contributed by atoms with E-state index in [1.807, 2.05) is 0 Å². The van der Waals surface area contributed by atoms with E-state index in [2.05, 4.69) is 62.5 Å². The average molecular weight is 368 g/mol. The third-order valence-electron chi connectivity index (χ3n) is 6.09. The molecule has 1 N–H and O–H groups in total. The molecule has 1 aromatic carbocycles. The van der Waals surface area contributed by atoms with Gasteiger partial charge < -0.3 is 5.32 Å². The van der Waals surface area contributed by atoms with E-state index < -0.39 is 0 Å². The van der Waals surface area contributed by atoms with Gasteiger partial charge in [-0.2, -0.15) is 0 Å². The van der Waals surface area contributed by atoms with Crippen molar-refractivity contribution in [3.63, 3.8) is 0 Å². The summed E-state index contributed by atoms with van der Waals surface area (Å²) in [6.45, 7) is 9.13. The van der Waals surface area contributed by atoms with Crippen molar-refractivity contribution in [2.24, 2.45) is 0 Å². The molecule has 1 nitrogen and oxygen atoms in total. The lowest BCUT2D eigenvalue weighted by molar-refractivity contribution is 0.460. The normalized spacial score (nSPS) is 16.7. The van der Waals surface area contributed by atoms with Crippen molar-refractivity contribution in [2.45, 2.75) is 90.9 Å². The number of piperidine rings is 1. The molecular formula is C26H41N. The van der Waals surface area contributed by atoms with E-state index in [0.717, 1.165) is 12.3 Å². The Morgan fingerprint density at radius 2 is 1.70 bits per heavy atom. The summed E-state index contributed by atoms with van der Waals surface area (Å²) >= 11 is 0. The van der Waals surface area contributed by atoms with Gasteiger partial charge in [0.2, 0.25) is 0 Å². The van der Waals surface area contributed by atoms with Gasteiger partial charge in [0.25, 0.3) is 0 Å². The van der Waals surface area contributed by atoms with Gasteiger partial charge in [0.05, 0.1) is 0 Å². The molecule has 1 saturated heterocycles. The third kappa shape index (κ3) is 8.05. The fraction of sp³-hybridized carbons (Fsp3) is 0.615. The number of hydrogen-bond acceptors (Lipinski definition) is 1. The summed E-state index contributed by atoms with van der Waals surface area (Å²) in [5.74, 6) is 0.774. The minimum Gasteiger partial charge on any atom is -0.317 e. The van der Waals surface area contributed by atoms with E-state index >= 15 is 0 Å². The maximum absolute atomic E-state index is 3.46. The van der Waals surface area contributed by atoms with Gasteiger partial charge in [-0.15, -0.1) is 0 Å². The van der Waals surface area contributed by atoms with E-state index in [9.17, 15) is 0 Å². The first-order chi connectivity index (χ1) is 13.2. The van der Waals surface area contributed by atoms with Gasteiger partial charge in [-0.25, -0.2) is 0 Å². The standard InChI is InChI=1S/C26H41N/c1-4-6-12-24(22(3)5-2)13-10-8-7-9-11-23-14-16-25(17-15-23)26-18-20-27-21-19-26/h6,12,14-17,26-27H,4-5,7-11,13,18-21H2,1-3H3/b12-6-,24-22-. The molecule has 0 saturated carbocycles. The van der Waals surface area contributed by atoms with Crippen LogP contribution in [0.25, 0.3) is 0 Å². The van der Waals surface area contributed by atoms with Crippen molar-refractivity contribution in [2.75, 3.05) is 13.1 Å². The molecule has 1 aliphatic heterocycles. The summed E-state index contributed by atoms with van der Waals surface area (Å²) in [5.41, 5.74) is 6.20. The van der Waals surface area contributed by atoms with Crippen LogP contribution in [0.3, 0.4) is 0 Å². The second-order valence-corrected chi connectivity index (χ2v) is 8.15. The van der Waals surface area contributed by atoms with Crippen LogP contribution in [0.5, 0.6) is 0 Å². The Bertz CT molecular complexity index is 573. The predicted octanol–water partition coefficient (Wildman–Crippen LogP) is 7.34. The first-order valence-corrected chi connectivity index (χ1v) is 11.4. The quantitative estimate of drug-likeness (QED) is 0.319. The van der Waals surface area contributed by atoms with Crippen LogP contribution in [0, 0.1) is 0 Å². The molecule has 0 aliphatic carbocycles. The average Bonchev–Trinajstić information content (AvgIpc) is 2.73. The number of benzene rings is 1. The van der Waals surface area contributed by atoms with Crippen molar-refractivity contribution in [3.05, 3.63) is 58.7 Å². The summed E-state index contributed by atoms with van der Waals surface area (Å²) in [5, 5.41) is 3.46. The van der Waals surface area contributed by atoms with Crippen LogP contribution in [0.1, 0.15) is 95.6 Å². The van der Waals surface area contributed by atoms with Gasteiger partial charge in [0, 0.05) is 0 Å². The maximum atomic E-state index is 3.46. The number of hydrogen-bond donors (Lipinski definition) is 1. The van der Waals surface area contributed by atoms with Gasteiger partial charge in [0.15, 0.2) is 0 Å². The Hall–Kier alpha value is -1.34. The monoisotopic (exact) mass is 367 g/mol. The number of unbranched alkanes of at least 4 members (excludes halogenated alkanes) is 3. The lowest BCUT2D eigenvalue weighted by Crippen LogP contribution is -2.26. The molecule has 0 atom stereocenters. The highest BCUT2D eigenvalue weighted by Gasteiger charge is 2.14. The second-order valence-electron chi connectivity index (χ2n) is 8.15. The maximum Gasteiger partial charge on any atom is -0.00431 e. The lowest BCUT2D eigenvalue weighted by Gasteiger charge is -2.23. The van der Waals surface area contributed by atoms with E-state index in [4.69, 9.17) is 0 Å². The van der Waals surface area contributed by atoms with Crippen molar-refractivity contribution >= 4 is 0 Å².